The summed E-state index contributed by atoms with van der Waals surface area (Å²) in [4.78, 5) is 43.0. The maximum Gasteiger partial charge on any atom is 0.267 e. The smallest absolute Gasteiger partial charge is 0.267 e. The maximum atomic E-state index is 12.5. The number of nitrogens with zero attached hydrogens (tertiary/aromatic N) is 4. The van der Waals surface area contributed by atoms with Crippen LogP contribution in [0.2, 0.25) is 0 Å². The van der Waals surface area contributed by atoms with Crippen molar-refractivity contribution in [3.63, 3.8) is 0 Å². The monoisotopic (exact) mass is 441 g/mol. The molecule has 0 bridgehead atoms. The topological polar surface area (TPSA) is 116 Å². The lowest BCUT2D eigenvalue weighted by atomic mass is 10.1. The Labute approximate surface area is 181 Å². The third-order valence-electron chi connectivity index (χ3n) is 4.47. The van der Waals surface area contributed by atoms with Crippen molar-refractivity contribution in [1.29, 1.82) is 0 Å². The van der Waals surface area contributed by atoms with Crippen molar-refractivity contribution in [2.75, 3.05) is 26.2 Å². The first kappa shape index (κ1) is 20.5. The molecule has 1 aromatic carbocycles. The number of aromatic nitrogens is 3. The number of thiazole rings is 1. The molecule has 0 atom stereocenters. The van der Waals surface area contributed by atoms with Crippen molar-refractivity contribution in [3.05, 3.63) is 51.3 Å². The molecule has 3 heterocycles. The normalized spacial score (nSPS) is 12.0. The van der Waals surface area contributed by atoms with Gasteiger partial charge in [0.05, 0.1) is 11.4 Å². The van der Waals surface area contributed by atoms with Crippen LogP contribution in [-0.2, 0) is 11.3 Å². The summed E-state index contributed by atoms with van der Waals surface area (Å²) in [6.45, 7) is 1.56. The van der Waals surface area contributed by atoms with Crippen LogP contribution in [0.25, 0.3) is 11.3 Å². The molecule has 160 valence electrons. The van der Waals surface area contributed by atoms with Crippen LogP contribution in [0, 0.1) is 6.92 Å². The van der Waals surface area contributed by atoms with Gasteiger partial charge in [0.2, 0.25) is 12.7 Å². The van der Waals surface area contributed by atoms with Crippen LogP contribution >= 0.6 is 11.3 Å². The number of fused-ring (bicyclic) bond motifs is 1. The molecule has 1 N–H and O–H groups in total. The molecule has 11 heteroatoms. The van der Waals surface area contributed by atoms with E-state index in [0.717, 1.165) is 21.6 Å². The molecular weight excluding hydrogens is 422 g/mol. The van der Waals surface area contributed by atoms with Gasteiger partial charge in [0.25, 0.3) is 11.5 Å². The molecule has 3 aromatic rings. The molecule has 0 saturated heterocycles. The Bertz CT molecular complexity index is 1230. The minimum Gasteiger partial charge on any atom is -0.454 e. The molecule has 1 aliphatic rings. The Kier molecular flexibility index (Phi) is 5.42. The number of amides is 2. The van der Waals surface area contributed by atoms with Crippen molar-refractivity contribution >= 4 is 28.3 Å². The van der Waals surface area contributed by atoms with Gasteiger partial charge < -0.3 is 19.7 Å². The predicted octanol–water partition coefficient (Wildman–Crippen LogP) is 1.74. The van der Waals surface area contributed by atoms with E-state index >= 15 is 0 Å². The number of anilines is 1. The second kappa shape index (κ2) is 8.19. The summed E-state index contributed by atoms with van der Waals surface area (Å²) in [6, 6.07) is 8.26. The highest BCUT2D eigenvalue weighted by Gasteiger charge is 2.19. The van der Waals surface area contributed by atoms with Crippen molar-refractivity contribution in [2.45, 2.75) is 13.5 Å². The SMILES string of the molecule is Cc1nc(NC(=O)Cn2nc(-c3ccc4c(c3)OCO4)ccc2=O)sc1C(=O)N(C)C. The molecule has 0 spiro atoms. The number of carbonyl (C=O) groups is 2. The van der Waals surface area contributed by atoms with Crippen LogP contribution in [-0.4, -0.2) is 52.4 Å². The van der Waals surface area contributed by atoms with Crippen molar-refractivity contribution < 1.29 is 19.1 Å². The van der Waals surface area contributed by atoms with Crippen molar-refractivity contribution in [2.24, 2.45) is 0 Å². The Morgan fingerprint density at radius 3 is 2.74 bits per heavy atom. The fraction of sp³-hybridized carbons (Fsp3) is 0.250. The van der Waals surface area contributed by atoms with Crippen LogP contribution in [0.1, 0.15) is 15.4 Å². The van der Waals surface area contributed by atoms with Crippen LogP contribution in [0.3, 0.4) is 0 Å². The summed E-state index contributed by atoms with van der Waals surface area (Å²) < 4.78 is 11.7. The molecule has 0 radical (unpaired) electrons. The Hall–Kier alpha value is -3.73. The number of ether oxygens (including phenoxy) is 2. The van der Waals surface area contributed by atoms with Gasteiger partial charge in [0.15, 0.2) is 16.6 Å². The van der Waals surface area contributed by atoms with E-state index in [4.69, 9.17) is 9.47 Å². The molecule has 0 aliphatic carbocycles. The van der Waals surface area contributed by atoms with E-state index in [1.807, 2.05) is 0 Å². The Balaban J connectivity index is 1.51. The minimum absolute atomic E-state index is 0.157. The number of benzene rings is 1. The Morgan fingerprint density at radius 1 is 1.19 bits per heavy atom. The number of carbonyl (C=O) groups excluding carboxylic acids is 2. The molecule has 4 rings (SSSR count). The molecule has 1 aliphatic heterocycles. The summed E-state index contributed by atoms with van der Waals surface area (Å²) in [5, 5.41) is 7.21. The number of aryl methyl sites for hydroxylation is 1. The maximum absolute atomic E-state index is 12.5. The largest absolute Gasteiger partial charge is 0.454 e. The molecule has 0 unspecified atom stereocenters. The Morgan fingerprint density at radius 2 is 1.97 bits per heavy atom. The van der Waals surface area contributed by atoms with Gasteiger partial charge >= 0.3 is 0 Å². The van der Waals surface area contributed by atoms with Gasteiger partial charge in [-0.2, -0.15) is 5.10 Å². The predicted molar refractivity (Wildman–Crippen MR) is 114 cm³/mol. The first-order valence-corrected chi connectivity index (χ1v) is 10.1. The molecular formula is C20H19N5O5S. The first-order chi connectivity index (χ1) is 14.8. The zero-order valence-electron chi connectivity index (χ0n) is 17.0. The fourth-order valence-electron chi connectivity index (χ4n) is 2.92. The fourth-order valence-corrected chi connectivity index (χ4v) is 3.92. The lowest BCUT2D eigenvalue weighted by molar-refractivity contribution is -0.117. The number of hydrogen-bond donors (Lipinski definition) is 1. The first-order valence-electron chi connectivity index (χ1n) is 9.29. The van der Waals surface area contributed by atoms with E-state index in [2.05, 4.69) is 15.4 Å². The van der Waals surface area contributed by atoms with Gasteiger partial charge in [-0.05, 0) is 31.2 Å². The molecule has 2 amide bonds. The van der Waals surface area contributed by atoms with Crippen molar-refractivity contribution in [3.8, 4) is 22.8 Å². The van der Waals surface area contributed by atoms with E-state index < -0.39 is 11.5 Å². The van der Waals surface area contributed by atoms with Gasteiger partial charge in [0.1, 0.15) is 11.4 Å². The lowest BCUT2D eigenvalue weighted by Crippen LogP contribution is -2.29. The quantitative estimate of drug-likeness (QED) is 0.641. The second-order valence-corrected chi connectivity index (χ2v) is 7.96. The van der Waals surface area contributed by atoms with Crippen molar-refractivity contribution in [1.82, 2.24) is 19.7 Å². The van der Waals surface area contributed by atoms with E-state index in [1.165, 1.54) is 11.0 Å². The highest BCUT2D eigenvalue weighted by Crippen LogP contribution is 2.35. The zero-order chi connectivity index (χ0) is 22.1. The van der Waals surface area contributed by atoms with Crippen LogP contribution < -0.4 is 20.3 Å². The van der Waals surface area contributed by atoms with Gasteiger partial charge in [-0.25, -0.2) is 9.67 Å². The number of nitrogens with one attached hydrogen (secondary N) is 1. The summed E-state index contributed by atoms with van der Waals surface area (Å²) >= 11 is 1.08. The van der Waals surface area contributed by atoms with Gasteiger partial charge in [0, 0.05) is 25.7 Å². The third kappa shape index (κ3) is 4.26. The van der Waals surface area contributed by atoms with Crippen LogP contribution in [0.4, 0.5) is 5.13 Å². The highest BCUT2D eigenvalue weighted by molar-refractivity contribution is 7.17. The number of rotatable bonds is 5. The minimum atomic E-state index is -0.477. The van der Waals surface area contributed by atoms with E-state index in [0.29, 0.717) is 27.8 Å². The third-order valence-corrected chi connectivity index (χ3v) is 5.53. The summed E-state index contributed by atoms with van der Waals surface area (Å²) in [6.07, 6.45) is 0. The number of hydrogen-bond acceptors (Lipinski definition) is 8. The average molecular weight is 441 g/mol. The summed E-state index contributed by atoms with van der Waals surface area (Å²) in [5.74, 6) is 0.569. The molecule has 2 aromatic heterocycles. The van der Waals surface area contributed by atoms with E-state index in [9.17, 15) is 14.4 Å². The van der Waals surface area contributed by atoms with Crippen LogP contribution in [0.15, 0.2) is 35.1 Å². The van der Waals surface area contributed by atoms with Gasteiger partial charge in [-0.3, -0.25) is 14.4 Å². The molecule has 0 saturated carbocycles. The van der Waals surface area contributed by atoms with E-state index in [1.54, 1.807) is 45.3 Å². The van der Waals surface area contributed by atoms with Gasteiger partial charge in [-0.15, -0.1) is 0 Å². The van der Waals surface area contributed by atoms with Crippen LogP contribution in [0.5, 0.6) is 11.5 Å². The zero-order valence-corrected chi connectivity index (χ0v) is 17.9. The summed E-state index contributed by atoms with van der Waals surface area (Å²) in [7, 11) is 3.29. The standard InChI is InChI=1S/C20H19N5O5S/c1-11-18(19(28)24(2)3)31-20(21-11)22-16(26)9-25-17(27)7-5-13(23-25)12-4-6-14-15(8-12)30-10-29-14/h4-8H,9-10H2,1-3H3,(H,21,22,26). The molecule has 31 heavy (non-hydrogen) atoms. The second-order valence-electron chi connectivity index (χ2n) is 6.96. The lowest BCUT2D eigenvalue weighted by Gasteiger charge is -2.08. The average Bonchev–Trinajstić information content (AvgIpc) is 3.34. The summed E-state index contributed by atoms with van der Waals surface area (Å²) in [5.41, 5.74) is 1.34. The van der Waals surface area contributed by atoms with Gasteiger partial charge in [-0.1, -0.05) is 11.3 Å². The van der Waals surface area contributed by atoms with E-state index in [-0.39, 0.29) is 24.4 Å². The molecule has 0 fully saturated rings. The highest BCUT2D eigenvalue weighted by atomic mass is 32.1. The molecule has 10 nitrogen and oxygen atoms in total.